The lowest BCUT2D eigenvalue weighted by molar-refractivity contribution is -0.137. The quantitative estimate of drug-likeness (QED) is 0.818. The molecule has 0 heterocycles. The molecular formula is C15H21NO3. The van der Waals surface area contributed by atoms with E-state index in [9.17, 15) is 9.90 Å². The number of aryl methyl sites for hydroxylation is 2. The summed E-state index contributed by atoms with van der Waals surface area (Å²) < 4.78 is 0. The van der Waals surface area contributed by atoms with Gasteiger partial charge in [-0.25, -0.2) is 0 Å². The molecule has 1 atom stereocenters. The Balaban J connectivity index is 1.92. The van der Waals surface area contributed by atoms with Crippen LogP contribution in [0.4, 0.5) is 0 Å². The molecular weight excluding hydrogens is 242 g/mol. The predicted octanol–water partition coefficient (Wildman–Crippen LogP) is 1.62. The number of carboxylic acid groups (broad SMARTS) is 1. The SMILES string of the molecule is CN(CCC(=O)O)CC(O)c1ccc2c(c1)CCC2. The molecule has 104 valence electrons. The van der Waals surface area contributed by atoms with Crippen LogP contribution in [-0.4, -0.2) is 41.2 Å². The molecule has 2 rings (SSSR count). The van der Waals surface area contributed by atoms with E-state index in [0.717, 1.165) is 18.4 Å². The van der Waals surface area contributed by atoms with Crippen LogP contribution < -0.4 is 0 Å². The highest BCUT2D eigenvalue weighted by Crippen LogP contribution is 2.25. The highest BCUT2D eigenvalue weighted by molar-refractivity contribution is 5.66. The summed E-state index contributed by atoms with van der Waals surface area (Å²) in [6.07, 6.45) is 3.00. The zero-order valence-corrected chi connectivity index (χ0v) is 11.3. The maximum Gasteiger partial charge on any atom is 0.304 e. The van der Waals surface area contributed by atoms with E-state index in [1.807, 2.05) is 18.0 Å². The predicted molar refractivity (Wildman–Crippen MR) is 73.2 cm³/mol. The number of likely N-dealkylation sites (N-methyl/N-ethyl adjacent to an activating group) is 1. The largest absolute Gasteiger partial charge is 0.481 e. The van der Waals surface area contributed by atoms with Crippen LogP contribution in [-0.2, 0) is 17.6 Å². The monoisotopic (exact) mass is 263 g/mol. The fourth-order valence-electron chi connectivity index (χ4n) is 2.58. The van der Waals surface area contributed by atoms with Gasteiger partial charge < -0.3 is 15.1 Å². The first-order valence-electron chi connectivity index (χ1n) is 6.76. The van der Waals surface area contributed by atoms with E-state index < -0.39 is 12.1 Å². The van der Waals surface area contributed by atoms with Gasteiger partial charge in [0.25, 0.3) is 0 Å². The lowest BCUT2D eigenvalue weighted by atomic mass is 10.0. The van der Waals surface area contributed by atoms with Crippen molar-refractivity contribution in [2.45, 2.75) is 31.8 Å². The molecule has 0 saturated heterocycles. The molecule has 2 N–H and O–H groups in total. The lowest BCUT2D eigenvalue weighted by Gasteiger charge is -2.20. The summed E-state index contributed by atoms with van der Waals surface area (Å²) in [7, 11) is 1.83. The summed E-state index contributed by atoms with van der Waals surface area (Å²) in [5.74, 6) is -0.807. The number of benzene rings is 1. The highest BCUT2D eigenvalue weighted by atomic mass is 16.4. The van der Waals surface area contributed by atoms with Gasteiger partial charge in [-0.2, -0.15) is 0 Å². The van der Waals surface area contributed by atoms with Crippen LogP contribution in [0.25, 0.3) is 0 Å². The number of aliphatic hydroxyl groups excluding tert-OH is 1. The van der Waals surface area contributed by atoms with Gasteiger partial charge in [0.2, 0.25) is 0 Å². The van der Waals surface area contributed by atoms with E-state index in [2.05, 4.69) is 12.1 Å². The van der Waals surface area contributed by atoms with E-state index >= 15 is 0 Å². The van der Waals surface area contributed by atoms with Gasteiger partial charge in [-0.1, -0.05) is 18.2 Å². The standard InChI is InChI=1S/C15H21NO3/c1-16(8-7-15(18)19)10-14(17)13-6-5-11-3-2-4-12(11)9-13/h5-6,9,14,17H,2-4,7-8,10H2,1H3,(H,18,19). The van der Waals surface area contributed by atoms with E-state index in [-0.39, 0.29) is 6.42 Å². The van der Waals surface area contributed by atoms with E-state index in [0.29, 0.717) is 13.1 Å². The summed E-state index contributed by atoms with van der Waals surface area (Å²) in [5.41, 5.74) is 3.68. The Bertz CT molecular complexity index is 459. The van der Waals surface area contributed by atoms with Crippen LogP contribution in [0.3, 0.4) is 0 Å². The van der Waals surface area contributed by atoms with Gasteiger partial charge in [0.15, 0.2) is 0 Å². The molecule has 1 aromatic rings. The number of hydrogen-bond donors (Lipinski definition) is 2. The van der Waals surface area contributed by atoms with Crippen LogP contribution in [0, 0.1) is 0 Å². The van der Waals surface area contributed by atoms with Gasteiger partial charge in [0.05, 0.1) is 12.5 Å². The Morgan fingerprint density at radius 3 is 2.84 bits per heavy atom. The lowest BCUT2D eigenvalue weighted by Crippen LogP contribution is -2.27. The average Bonchev–Trinajstić information content (AvgIpc) is 2.83. The molecule has 0 saturated carbocycles. The van der Waals surface area contributed by atoms with E-state index in [4.69, 9.17) is 5.11 Å². The number of aliphatic hydroxyl groups is 1. The van der Waals surface area contributed by atoms with Crippen molar-refractivity contribution in [3.8, 4) is 0 Å². The molecule has 0 bridgehead atoms. The van der Waals surface area contributed by atoms with Crippen molar-refractivity contribution >= 4 is 5.97 Å². The summed E-state index contributed by atoms with van der Waals surface area (Å²) in [6.45, 7) is 0.920. The van der Waals surface area contributed by atoms with E-state index in [1.165, 1.54) is 17.5 Å². The molecule has 0 aromatic heterocycles. The van der Waals surface area contributed by atoms with Crippen molar-refractivity contribution in [1.29, 1.82) is 0 Å². The Hall–Kier alpha value is -1.39. The number of carboxylic acids is 1. The maximum atomic E-state index is 10.5. The topological polar surface area (TPSA) is 60.8 Å². The third-order valence-corrected chi connectivity index (χ3v) is 3.70. The minimum absolute atomic E-state index is 0.105. The first-order chi connectivity index (χ1) is 9.06. The van der Waals surface area contributed by atoms with Crippen molar-refractivity contribution in [3.63, 3.8) is 0 Å². The molecule has 1 aliphatic rings. The molecule has 0 aliphatic heterocycles. The fourth-order valence-corrected chi connectivity index (χ4v) is 2.58. The van der Waals surface area contributed by atoms with Gasteiger partial charge >= 0.3 is 5.97 Å². The Morgan fingerprint density at radius 1 is 1.37 bits per heavy atom. The average molecular weight is 263 g/mol. The highest BCUT2D eigenvalue weighted by Gasteiger charge is 2.16. The smallest absolute Gasteiger partial charge is 0.304 e. The summed E-state index contributed by atoms with van der Waals surface area (Å²) in [5, 5.41) is 18.8. The molecule has 0 amide bonds. The zero-order chi connectivity index (χ0) is 13.8. The molecule has 0 fully saturated rings. The number of fused-ring (bicyclic) bond motifs is 1. The maximum absolute atomic E-state index is 10.5. The number of hydrogen-bond acceptors (Lipinski definition) is 3. The molecule has 0 radical (unpaired) electrons. The molecule has 4 nitrogen and oxygen atoms in total. The number of nitrogens with zero attached hydrogens (tertiary/aromatic N) is 1. The third-order valence-electron chi connectivity index (χ3n) is 3.70. The van der Waals surface area contributed by atoms with Crippen LogP contribution in [0.5, 0.6) is 0 Å². The minimum atomic E-state index is -0.807. The molecule has 1 aliphatic carbocycles. The Morgan fingerprint density at radius 2 is 2.11 bits per heavy atom. The summed E-state index contributed by atoms with van der Waals surface area (Å²) >= 11 is 0. The first-order valence-corrected chi connectivity index (χ1v) is 6.76. The van der Waals surface area contributed by atoms with Crippen molar-refractivity contribution in [1.82, 2.24) is 4.90 Å². The second-order valence-corrected chi connectivity index (χ2v) is 5.30. The van der Waals surface area contributed by atoms with Crippen LogP contribution >= 0.6 is 0 Å². The zero-order valence-electron chi connectivity index (χ0n) is 11.3. The van der Waals surface area contributed by atoms with Crippen molar-refractivity contribution in [2.75, 3.05) is 20.1 Å². The first kappa shape index (κ1) is 14.0. The van der Waals surface area contributed by atoms with Gasteiger partial charge in [0, 0.05) is 13.1 Å². The van der Waals surface area contributed by atoms with Crippen LogP contribution in [0.1, 0.15) is 35.6 Å². The van der Waals surface area contributed by atoms with Gasteiger partial charge in [-0.15, -0.1) is 0 Å². The second kappa shape index (κ2) is 6.17. The molecule has 1 aromatic carbocycles. The molecule has 19 heavy (non-hydrogen) atoms. The second-order valence-electron chi connectivity index (χ2n) is 5.30. The van der Waals surface area contributed by atoms with Crippen molar-refractivity contribution in [3.05, 3.63) is 34.9 Å². The number of carbonyl (C=O) groups is 1. The fraction of sp³-hybridized carbons (Fsp3) is 0.533. The van der Waals surface area contributed by atoms with Gasteiger partial charge in [0.1, 0.15) is 0 Å². The van der Waals surface area contributed by atoms with E-state index in [1.54, 1.807) is 0 Å². The third kappa shape index (κ3) is 3.78. The van der Waals surface area contributed by atoms with Gasteiger partial charge in [-0.05, 0) is 43.0 Å². The minimum Gasteiger partial charge on any atom is -0.481 e. The number of rotatable bonds is 6. The molecule has 4 heteroatoms. The summed E-state index contributed by atoms with van der Waals surface area (Å²) in [4.78, 5) is 12.4. The summed E-state index contributed by atoms with van der Waals surface area (Å²) in [6, 6.07) is 6.19. The van der Waals surface area contributed by atoms with Crippen LogP contribution in [0.15, 0.2) is 18.2 Å². The molecule has 0 spiro atoms. The number of aliphatic carboxylic acids is 1. The van der Waals surface area contributed by atoms with Crippen molar-refractivity contribution < 1.29 is 15.0 Å². The van der Waals surface area contributed by atoms with Crippen molar-refractivity contribution in [2.24, 2.45) is 0 Å². The Kier molecular flexibility index (Phi) is 4.56. The van der Waals surface area contributed by atoms with Gasteiger partial charge in [-0.3, -0.25) is 4.79 Å². The Labute approximate surface area is 113 Å². The molecule has 1 unspecified atom stereocenters. The van der Waals surface area contributed by atoms with Crippen LogP contribution in [0.2, 0.25) is 0 Å². The normalized spacial score (nSPS) is 15.5.